The number of anilines is 2. The Balaban J connectivity index is 1.82. The van der Waals surface area contributed by atoms with Crippen LogP contribution in [0.1, 0.15) is 31.4 Å². The molecule has 8 nitrogen and oxygen atoms in total. The number of carbonyl (C=O) groups excluding carboxylic acids is 2. The molecule has 0 aliphatic rings. The normalized spacial score (nSPS) is 12.0. The van der Waals surface area contributed by atoms with Crippen molar-refractivity contribution < 1.29 is 9.59 Å². The fraction of sp³-hybridized carbons (Fsp3) is 0.333. The van der Waals surface area contributed by atoms with E-state index >= 15 is 0 Å². The van der Waals surface area contributed by atoms with Gasteiger partial charge in [-0.15, -0.1) is 0 Å². The Labute approximate surface area is 169 Å². The lowest BCUT2D eigenvalue weighted by atomic mass is 10.1. The molecule has 29 heavy (non-hydrogen) atoms. The van der Waals surface area contributed by atoms with Crippen LogP contribution < -0.4 is 11.1 Å². The number of nitrogens with one attached hydrogen (secondary N) is 2. The van der Waals surface area contributed by atoms with E-state index in [1.54, 1.807) is 4.90 Å². The molecule has 0 spiro atoms. The van der Waals surface area contributed by atoms with E-state index in [9.17, 15) is 9.59 Å². The number of pyridine rings is 1. The molecule has 2 heterocycles. The molecule has 0 radical (unpaired) electrons. The van der Waals surface area contributed by atoms with Crippen LogP contribution >= 0.6 is 0 Å². The SMILES string of the molecule is CC[C@@H](C)CN(Cc1ccccc1C)C(=O)C(=O)Nc1cnc(N)c2cn[nH]c12. The molecule has 0 bridgehead atoms. The number of benzene rings is 1. The smallest absolute Gasteiger partial charge is 0.314 e. The first-order valence-electron chi connectivity index (χ1n) is 9.63. The Morgan fingerprint density at radius 3 is 2.76 bits per heavy atom. The number of nitrogens with zero attached hydrogens (tertiary/aromatic N) is 3. The maximum Gasteiger partial charge on any atom is 0.314 e. The highest BCUT2D eigenvalue weighted by molar-refractivity contribution is 6.40. The van der Waals surface area contributed by atoms with Gasteiger partial charge in [0.25, 0.3) is 0 Å². The zero-order chi connectivity index (χ0) is 21.0. The number of amides is 2. The van der Waals surface area contributed by atoms with Gasteiger partial charge in [-0.3, -0.25) is 14.7 Å². The van der Waals surface area contributed by atoms with Crippen molar-refractivity contribution in [3.63, 3.8) is 0 Å². The van der Waals surface area contributed by atoms with Gasteiger partial charge in [0.05, 0.1) is 29.0 Å². The average Bonchev–Trinajstić information content (AvgIpc) is 3.21. The minimum atomic E-state index is -0.718. The van der Waals surface area contributed by atoms with Crippen molar-refractivity contribution in [2.75, 3.05) is 17.6 Å². The largest absolute Gasteiger partial charge is 0.383 e. The molecule has 3 rings (SSSR count). The van der Waals surface area contributed by atoms with E-state index in [1.165, 1.54) is 12.4 Å². The number of aromatic nitrogens is 3. The van der Waals surface area contributed by atoms with Gasteiger partial charge in [0.2, 0.25) is 0 Å². The van der Waals surface area contributed by atoms with Crippen molar-refractivity contribution in [1.29, 1.82) is 0 Å². The number of rotatable bonds is 6. The summed E-state index contributed by atoms with van der Waals surface area (Å²) in [6.45, 7) is 7.00. The van der Waals surface area contributed by atoms with Crippen molar-refractivity contribution in [1.82, 2.24) is 20.1 Å². The van der Waals surface area contributed by atoms with Crippen LogP contribution in [0.15, 0.2) is 36.7 Å². The lowest BCUT2D eigenvalue weighted by Gasteiger charge is -2.26. The van der Waals surface area contributed by atoms with E-state index in [0.29, 0.717) is 35.5 Å². The van der Waals surface area contributed by atoms with Gasteiger partial charge in [0.15, 0.2) is 0 Å². The lowest BCUT2D eigenvalue weighted by Crippen LogP contribution is -2.41. The second kappa shape index (κ2) is 8.72. The van der Waals surface area contributed by atoms with Gasteiger partial charge in [0, 0.05) is 13.1 Å². The molecule has 152 valence electrons. The molecule has 0 aliphatic carbocycles. The van der Waals surface area contributed by atoms with Crippen LogP contribution in [0.2, 0.25) is 0 Å². The van der Waals surface area contributed by atoms with Crippen LogP contribution in [-0.2, 0) is 16.1 Å². The van der Waals surface area contributed by atoms with Gasteiger partial charge in [-0.25, -0.2) is 4.98 Å². The summed E-state index contributed by atoms with van der Waals surface area (Å²) < 4.78 is 0. The van der Waals surface area contributed by atoms with Gasteiger partial charge >= 0.3 is 11.8 Å². The van der Waals surface area contributed by atoms with Crippen molar-refractivity contribution >= 4 is 34.2 Å². The highest BCUT2D eigenvalue weighted by Crippen LogP contribution is 2.24. The van der Waals surface area contributed by atoms with E-state index in [0.717, 1.165) is 17.5 Å². The number of hydrogen-bond acceptors (Lipinski definition) is 5. The number of fused-ring (bicyclic) bond motifs is 1. The molecule has 0 unspecified atom stereocenters. The van der Waals surface area contributed by atoms with E-state index in [-0.39, 0.29) is 5.92 Å². The summed E-state index contributed by atoms with van der Waals surface area (Å²) >= 11 is 0. The van der Waals surface area contributed by atoms with Crippen molar-refractivity contribution in [2.24, 2.45) is 5.92 Å². The third-order valence-corrected chi connectivity index (χ3v) is 5.10. The summed E-state index contributed by atoms with van der Waals surface area (Å²) in [7, 11) is 0. The molecule has 1 aromatic carbocycles. The second-order valence-electron chi connectivity index (χ2n) is 7.30. The zero-order valence-corrected chi connectivity index (χ0v) is 16.9. The summed E-state index contributed by atoms with van der Waals surface area (Å²) in [5.74, 6) is -0.730. The fourth-order valence-corrected chi connectivity index (χ4v) is 3.09. The Kier molecular flexibility index (Phi) is 6.11. The highest BCUT2D eigenvalue weighted by atomic mass is 16.2. The number of nitrogen functional groups attached to an aromatic ring is 1. The van der Waals surface area contributed by atoms with Crippen molar-refractivity contribution in [2.45, 2.75) is 33.7 Å². The minimum absolute atomic E-state index is 0.272. The Bertz CT molecular complexity index is 1030. The molecule has 2 amide bonds. The average molecular weight is 394 g/mol. The van der Waals surface area contributed by atoms with Crippen molar-refractivity contribution in [3.8, 4) is 0 Å². The predicted molar refractivity (Wildman–Crippen MR) is 113 cm³/mol. The van der Waals surface area contributed by atoms with Gasteiger partial charge < -0.3 is 16.0 Å². The summed E-state index contributed by atoms with van der Waals surface area (Å²) in [6.07, 6.45) is 3.86. The monoisotopic (exact) mass is 394 g/mol. The fourth-order valence-electron chi connectivity index (χ4n) is 3.09. The third-order valence-electron chi connectivity index (χ3n) is 5.10. The van der Waals surface area contributed by atoms with Crippen LogP contribution in [-0.4, -0.2) is 38.4 Å². The number of carbonyl (C=O) groups is 2. The van der Waals surface area contributed by atoms with Crippen LogP contribution in [0.25, 0.3) is 10.9 Å². The number of aryl methyl sites for hydroxylation is 1. The summed E-state index contributed by atoms with van der Waals surface area (Å²) in [5.41, 5.74) is 8.81. The molecular formula is C21H26N6O2. The molecule has 0 fully saturated rings. The number of hydrogen-bond donors (Lipinski definition) is 3. The van der Waals surface area contributed by atoms with Crippen LogP contribution in [0.3, 0.4) is 0 Å². The lowest BCUT2D eigenvalue weighted by molar-refractivity contribution is -0.144. The minimum Gasteiger partial charge on any atom is -0.383 e. The van der Waals surface area contributed by atoms with E-state index in [4.69, 9.17) is 5.73 Å². The number of H-pyrrole nitrogens is 1. The standard InChI is InChI=1S/C21H26N6O2/c1-4-13(2)11-27(12-15-8-6-5-7-14(15)3)21(29)20(28)25-17-10-23-19(22)16-9-24-26-18(16)17/h5-10,13H,4,11-12H2,1-3H3,(H2,22,23)(H,24,26)(H,25,28)/t13-/m1/s1. The van der Waals surface area contributed by atoms with E-state index < -0.39 is 11.8 Å². The molecule has 0 saturated heterocycles. The summed E-state index contributed by atoms with van der Waals surface area (Å²) in [4.78, 5) is 31.4. The zero-order valence-electron chi connectivity index (χ0n) is 16.9. The number of nitrogens with two attached hydrogens (primary N) is 1. The number of aromatic amines is 1. The Morgan fingerprint density at radius 1 is 1.28 bits per heavy atom. The maximum absolute atomic E-state index is 13.0. The van der Waals surface area contributed by atoms with Gasteiger partial charge in [-0.2, -0.15) is 5.10 Å². The Morgan fingerprint density at radius 2 is 2.03 bits per heavy atom. The van der Waals surface area contributed by atoms with E-state index in [2.05, 4.69) is 34.3 Å². The Hall–Kier alpha value is -3.42. The third kappa shape index (κ3) is 4.53. The molecule has 0 saturated carbocycles. The van der Waals surface area contributed by atoms with Gasteiger partial charge in [-0.05, 0) is 24.0 Å². The van der Waals surface area contributed by atoms with Crippen LogP contribution in [0, 0.1) is 12.8 Å². The first-order valence-corrected chi connectivity index (χ1v) is 9.63. The quantitative estimate of drug-likeness (QED) is 0.556. The van der Waals surface area contributed by atoms with Crippen LogP contribution in [0.5, 0.6) is 0 Å². The molecule has 3 aromatic rings. The molecule has 1 atom stereocenters. The van der Waals surface area contributed by atoms with Crippen molar-refractivity contribution in [3.05, 3.63) is 47.8 Å². The summed E-state index contributed by atoms with van der Waals surface area (Å²) in [5, 5.41) is 9.96. The topological polar surface area (TPSA) is 117 Å². The van der Waals surface area contributed by atoms with Gasteiger partial charge in [0.1, 0.15) is 5.82 Å². The van der Waals surface area contributed by atoms with E-state index in [1.807, 2.05) is 31.2 Å². The maximum atomic E-state index is 13.0. The van der Waals surface area contributed by atoms with Crippen LogP contribution in [0.4, 0.5) is 11.5 Å². The molecule has 4 N–H and O–H groups in total. The first kappa shape index (κ1) is 20.3. The molecular weight excluding hydrogens is 368 g/mol. The molecule has 8 heteroatoms. The molecule has 2 aromatic heterocycles. The highest BCUT2D eigenvalue weighted by Gasteiger charge is 2.25. The van der Waals surface area contributed by atoms with Gasteiger partial charge in [-0.1, -0.05) is 44.5 Å². The summed E-state index contributed by atoms with van der Waals surface area (Å²) in [6, 6.07) is 7.86. The first-order chi connectivity index (χ1) is 13.9. The molecule has 0 aliphatic heterocycles. The second-order valence-corrected chi connectivity index (χ2v) is 7.30. The predicted octanol–water partition coefficient (Wildman–Crippen LogP) is 2.86.